The van der Waals surface area contributed by atoms with Crippen LogP contribution < -0.4 is 5.32 Å². The SMILES string of the molecule is COCCOCCc1nc(C)c2c(n1)CNCC2. The molecule has 1 N–H and O–H groups in total. The van der Waals surface area contributed by atoms with Gasteiger partial charge in [-0.2, -0.15) is 0 Å². The number of hydrogen-bond donors (Lipinski definition) is 1. The Hall–Kier alpha value is -1.04. The van der Waals surface area contributed by atoms with Gasteiger partial charge < -0.3 is 14.8 Å². The summed E-state index contributed by atoms with van der Waals surface area (Å²) in [5.41, 5.74) is 3.59. The Labute approximate surface area is 108 Å². The molecule has 0 unspecified atom stereocenters. The van der Waals surface area contributed by atoms with Gasteiger partial charge in [0.25, 0.3) is 0 Å². The van der Waals surface area contributed by atoms with Crippen molar-refractivity contribution in [2.75, 3.05) is 33.5 Å². The van der Waals surface area contributed by atoms with Gasteiger partial charge in [0.2, 0.25) is 0 Å². The minimum atomic E-state index is 0.627. The summed E-state index contributed by atoms with van der Waals surface area (Å²) >= 11 is 0. The summed E-state index contributed by atoms with van der Waals surface area (Å²) in [5, 5.41) is 3.34. The molecular formula is C13H21N3O2. The summed E-state index contributed by atoms with van der Waals surface area (Å²) in [6, 6.07) is 0. The molecular weight excluding hydrogens is 230 g/mol. The molecule has 0 bridgehead atoms. The molecule has 18 heavy (non-hydrogen) atoms. The lowest BCUT2D eigenvalue weighted by molar-refractivity contribution is 0.0716. The van der Waals surface area contributed by atoms with Crippen LogP contribution in [0.2, 0.25) is 0 Å². The smallest absolute Gasteiger partial charge is 0.131 e. The van der Waals surface area contributed by atoms with E-state index in [1.54, 1.807) is 7.11 Å². The summed E-state index contributed by atoms with van der Waals surface area (Å²) in [6.45, 7) is 5.86. The number of methoxy groups -OCH3 is 1. The maximum atomic E-state index is 5.44. The van der Waals surface area contributed by atoms with E-state index < -0.39 is 0 Å². The van der Waals surface area contributed by atoms with E-state index in [0.717, 1.165) is 43.1 Å². The zero-order valence-electron chi connectivity index (χ0n) is 11.2. The van der Waals surface area contributed by atoms with Crippen LogP contribution in [0.1, 0.15) is 22.8 Å². The van der Waals surface area contributed by atoms with Gasteiger partial charge in [-0.3, -0.25) is 0 Å². The molecule has 1 aromatic heterocycles. The van der Waals surface area contributed by atoms with Crippen molar-refractivity contribution in [1.82, 2.24) is 15.3 Å². The molecule has 1 aliphatic heterocycles. The molecule has 0 saturated carbocycles. The van der Waals surface area contributed by atoms with Crippen molar-refractivity contribution >= 4 is 0 Å². The van der Waals surface area contributed by atoms with Gasteiger partial charge in [-0.05, 0) is 25.5 Å². The van der Waals surface area contributed by atoms with E-state index in [1.807, 2.05) is 0 Å². The zero-order valence-corrected chi connectivity index (χ0v) is 11.2. The lowest BCUT2D eigenvalue weighted by Gasteiger charge is -2.18. The van der Waals surface area contributed by atoms with Gasteiger partial charge in [0.05, 0.1) is 25.5 Å². The normalized spacial score (nSPS) is 14.6. The predicted octanol–water partition coefficient (Wildman–Crippen LogP) is 0.636. The Kier molecular flexibility index (Phi) is 5.04. The number of ether oxygens (including phenoxy) is 2. The molecule has 0 aromatic carbocycles. The third-order valence-electron chi connectivity index (χ3n) is 3.09. The molecule has 0 atom stereocenters. The van der Waals surface area contributed by atoms with Crippen LogP contribution in [-0.4, -0.2) is 43.4 Å². The van der Waals surface area contributed by atoms with Gasteiger partial charge in [-0.1, -0.05) is 0 Å². The highest BCUT2D eigenvalue weighted by atomic mass is 16.5. The van der Waals surface area contributed by atoms with E-state index in [9.17, 15) is 0 Å². The molecule has 2 heterocycles. The number of hydrogen-bond acceptors (Lipinski definition) is 5. The minimum Gasteiger partial charge on any atom is -0.382 e. The third-order valence-corrected chi connectivity index (χ3v) is 3.09. The van der Waals surface area contributed by atoms with Gasteiger partial charge in [0.1, 0.15) is 5.82 Å². The highest BCUT2D eigenvalue weighted by molar-refractivity contribution is 5.27. The lowest BCUT2D eigenvalue weighted by atomic mass is 10.0. The molecule has 1 aromatic rings. The van der Waals surface area contributed by atoms with E-state index in [0.29, 0.717) is 19.8 Å². The Morgan fingerprint density at radius 2 is 2.11 bits per heavy atom. The van der Waals surface area contributed by atoms with Gasteiger partial charge in [-0.15, -0.1) is 0 Å². The first-order valence-corrected chi connectivity index (χ1v) is 6.44. The van der Waals surface area contributed by atoms with Crippen LogP contribution in [0.3, 0.4) is 0 Å². The van der Waals surface area contributed by atoms with Crippen molar-refractivity contribution in [3.8, 4) is 0 Å². The van der Waals surface area contributed by atoms with E-state index in [1.165, 1.54) is 5.56 Å². The van der Waals surface area contributed by atoms with Crippen LogP contribution in [-0.2, 0) is 28.9 Å². The Balaban J connectivity index is 1.91. The molecule has 2 rings (SSSR count). The fourth-order valence-corrected chi connectivity index (χ4v) is 2.13. The molecule has 5 nitrogen and oxygen atoms in total. The molecule has 0 amide bonds. The van der Waals surface area contributed by atoms with E-state index in [2.05, 4.69) is 22.2 Å². The monoisotopic (exact) mass is 251 g/mol. The molecule has 0 spiro atoms. The van der Waals surface area contributed by atoms with Crippen LogP contribution in [0.5, 0.6) is 0 Å². The fourth-order valence-electron chi connectivity index (χ4n) is 2.13. The molecule has 0 fully saturated rings. The van der Waals surface area contributed by atoms with Gasteiger partial charge in [0.15, 0.2) is 0 Å². The Morgan fingerprint density at radius 3 is 2.94 bits per heavy atom. The topological polar surface area (TPSA) is 56.3 Å². The molecule has 0 radical (unpaired) electrons. The Morgan fingerprint density at radius 1 is 1.22 bits per heavy atom. The second-order valence-electron chi connectivity index (χ2n) is 4.43. The Bertz CT molecular complexity index is 396. The van der Waals surface area contributed by atoms with Crippen molar-refractivity contribution in [1.29, 1.82) is 0 Å². The number of aromatic nitrogens is 2. The van der Waals surface area contributed by atoms with Crippen molar-refractivity contribution in [2.45, 2.75) is 26.3 Å². The van der Waals surface area contributed by atoms with Crippen molar-refractivity contribution in [3.63, 3.8) is 0 Å². The van der Waals surface area contributed by atoms with Gasteiger partial charge in [-0.25, -0.2) is 9.97 Å². The zero-order chi connectivity index (χ0) is 12.8. The number of fused-ring (bicyclic) bond motifs is 1. The first-order chi connectivity index (χ1) is 8.81. The highest BCUT2D eigenvalue weighted by Crippen LogP contribution is 2.15. The lowest BCUT2D eigenvalue weighted by Crippen LogP contribution is -2.26. The molecule has 100 valence electrons. The summed E-state index contributed by atoms with van der Waals surface area (Å²) < 4.78 is 10.4. The van der Waals surface area contributed by atoms with E-state index in [-0.39, 0.29) is 0 Å². The van der Waals surface area contributed by atoms with E-state index >= 15 is 0 Å². The quantitative estimate of drug-likeness (QED) is 0.752. The van der Waals surface area contributed by atoms with Gasteiger partial charge in [0, 0.05) is 25.8 Å². The molecule has 5 heteroatoms. The maximum Gasteiger partial charge on any atom is 0.131 e. The second-order valence-corrected chi connectivity index (χ2v) is 4.43. The second kappa shape index (κ2) is 6.78. The molecule has 0 aliphatic carbocycles. The maximum absolute atomic E-state index is 5.44. The number of nitrogens with one attached hydrogen (secondary N) is 1. The number of aryl methyl sites for hydroxylation is 1. The molecule has 1 aliphatic rings. The molecule has 0 saturated heterocycles. The average Bonchev–Trinajstić information content (AvgIpc) is 2.39. The van der Waals surface area contributed by atoms with Crippen LogP contribution in [0, 0.1) is 6.92 Å². The third kappa shape index (κ3) is 3.48. The van der Waals surface area contributed by atoms with Crippen LogP contribution in [0.25, 0.3) is 0 Å². The van der Waals surface area contributed by atoms with Crippen LogP contribution in [0.15, 0.2) is 0 Å². The summed E-state index contributed by atoms with van der Waals surface area (Å²) in [4.78, 5) is 9.16. The van der Waals surface area contributed by atoms with Crippen LogP contribution >= 0.6 is 0 Å². The summed E-state index contributed by atoms with van der Waals surface area (Å²) in [6.07, 6.45) is 1.80. The van der Waals surface area contributed by atoms with Crippen molar-refractivity contribution in [2.24, 2.45) is 0 Å². The van der Waals surface area contributed by atoms with Crippen molar-refractivity contribution < 1.29 is 9.47 Å². The number of nitrogens with zero attached hydrogens (tertiary/aromatic N) is 2. The minimum absolute atomic E-state index is 0.627. The summed E-state index contributed by atoms with van der Waals surface area (Å²) in [7, 11) is 1.67. The average molecular weight is 251 g/mol. The van der Waals surface area contributed by atoms with Crippen LogP contribution in [0.4, 0.5) is 0 Å². The first kappa shape index (κ1) is 13.4. The largest absolute Gasteiger partial charge is 0.382 e. The first-order valence-electron chi connectivity index (χ1n) is 6.44. The number of rotatable bonds is 6. The van der Waals surface area contributed by atoms with E-state index in [4.69, 9.17) is 9.47 Å². The highest BCUT2D eigenvalue weighted by Gasteiger charge is 2.14. The predicted molar refractivity (Wildman–Crippen MR) is 68.6 cm³/mol. The summed E-state index contributed by atoms with van der Waals surface area (Å²) in [5.74, 6) is 0.882. The van der Waals surface area contributed by atoms with Crippen molar-refractivity contribution in [3.05, 3.63) is 22.8 Å². The fraction of sp³-hybridized carbons (Fsp3) is 0.692. The van der Waals surface area contributed by atoms with Gasteiger partial charge >= 0.3 is 0 Å². The standard InChI is InChI=1S/C13H21N3O2/c1-10-11-3-5-14-9-12(11)16-13(15-10)4-6-18-8-7-17-2/h14H,3-9H2,1-2H3.